The first-order chi connectivity index (χ1) is 14.3. The summed E-state index contributed by atoms with van der Waals surface area (Å²) in [6.07, 6.45) is 5.71. The number of aromatic nitrogens is 1. The third kappa shape index (κ3) is 5.32. The number of piperazine rings is 1. The summed E-state index contributed by atoms with van der Waals surface area (Å²) in [5.41, 5.74) is -0.766. The monoisotopic (exact) mass is 451 g/mol. The number of nitrogens with zero attached hydrogens (tertiary/aromatic N) is 4. The van der Waals surface area contributed by atoms with E-state index in [4.69, 9.17) is 0 Å². The molecule has 0 bridgehead atoms. The van der Waals surface area contributed by atoms with Crippen molar-refractivity contribution in [1.29, 1.82) is 5.26 Å². The Morgan fingerprint density at radius 3 is 2.47 bits per heavy atom. The number of likely N-dealkylation sites (N-methyl/N-ethyl adjacent to an activating group) is 1. The Kier molecular flexibility index (Phi) is 7.39. The topological polar surface area (TPSA) is 106 Å². The molecule has 1 saturated carbocycles. The fourth-order valence-electron chi connectivity index (χ4n) is 3.76. The van der Waals surface area contributed by atoms with Crippen LogP contribution in [0.25, 0.3) is 0 Å². The summed E-state index contributed by atoms with van der Waals surface area (Å²) in [7, 11) is -1.58. The van der Waals surface area contributed by atoms with Crippen molar-refractivity contribution >= 4 is 27.7 Å². The number of hydrogen-bond donors (Lipinski definition) is 1. The van der Waals surface area contributed by atoms with Gasteiger partial charge >= 0.3 is 0 Å². The largest absolute Gasteiger partial charge is 0.337 e. The van der Waals surface area contributed by atoms with Gasteiger partial charge in [0.05, 0.1) is 16.3 Å². The minimum absolute atomic E-state index is 0.166. The molecule has 164 valence electrons. The Morgan fingerprint density at radius 2 is 1.90 bits per heavy atom. The molecule has 1 amide bonds. The molecule has 1 aliphatic heterocycles. The van der Waals surface area contributed by atoms with Crippen molar-refractivity contribution in [3.05, 3.63) is 18.3 Å². The van der Waals surface area contributed by atoms with Gasteiger partial charge in [0.15, 0.2) is 0 Å². The van der Waals surface area contributed by atoms with Crippen LogP contribution in [0.4, 0.5) is 0 Å². The maximum Gasteiger partial charge on any atom is 0.244 e. The highest BCUT2D eigenvalue weighted by atomic mass is 32.2. The Bertz CT molecular complexity index is 884. The summed E-state index contributed by atoms with van der Waals surface area (Å²) in [6, 6.07) is 5.48. The maximum atomic E-state index is 12.8. The van der Waals surface area contributed by atoms with Gasteiger partial charge in [-0.15, -0.1) is 0 Å². The van der Waals surface area contributed by atoms with E-state index in [2.05, 4.69) is 21.3 Å². The van der Waals surface area contributed by atoms with Crippen LogP contribution in [0.5, 0.6) is 0 Å². The molecule has 0 radical (unpaired) electrons. The lowest BCUT2D eigenvalue weighted by Gasteiger charge is -2.32. The molecule has 0 unspecified atom stereocenters. The fourth-order valence-corrected chi connectivity index (χ4v) is 5.92. The van der Waals surface area contributed by atoms with Crippen LogP contribution < -0.4 is 5.32 Å². The Morgan fingerprint density at radius 1 is 1.23 bits per heavy atom. The molecule has 1 saturated heterocycles. The predicted octanol–water partition coefficient (Wildman–Crippen LogP) is 1.84. The molecule has 1 N–H and O–H groups in total. The minimum Gasteiger partial charge on any atom is -0.337 e. The summed E-state index contributed by atoms with van der Waals surface area (Å²) < 4.78 is 27.1. The summed E-state index contributed by atoms with van der Waals surface area (Å²) in [6.45, 7) is 4.11. The zero-order chi connectivity index (χ0) is 21.8. The lowest BCUT2D eigenvalue weighted by atomic mass is 9.83. The maximum absolute atomic E-state index is 12.8. The van der Waals surface area contributed by atoms with Crippen molar-refractivity contribution in [1.82, 2.24) is 19.5 Å². The second kappa shape index (κ2) is 9.64. The Hall–Kier alpha value is -1.67. The molecule has 3 rings (SSSR count). The van der Waals surface area contributed by atoms with Gasteiger partial charge in [-0.2, -0.15) is 9.57 Å². The second-order valence-corrected chi connectivity index (χ2v) is 11.3. The van der Waals surface area contributed by atoms with E-state index in [1.54, 1.807) is 19.1 Å². The quantitative estimate of drug-likeness (QED) is 0.658. The summed E-state index contributed by atoms with van der Waals surface area (Å²) in [4.78, 5) is 19.1. The van der Waals surface area contributed by atoms with E-state index in [0.717, 1.165) is 19.3 Å². The minimum atomic E-state index is -3.56. The summed E-state index contributed by atoms with van der Waals surface area (Å²) in [5, 5.41) is 12.6. The number of rotatable bonds is 6. The smallest absolute Gasteiger partial charge is 0.244 e. The molecule has 8 nitrogen and oxygen atoms in total. The van der Waals surface area contributed by atoms with Crippen LogP contribution in [0.1, 0.15) is 39.0 Å². The number of pyridine rings is 1. The SMILES string of the molecule is C[C@H](Sc1ccc(S(=O)(=O)N2CCN(C)CC2)cn1)C(=O)NC1(C#N)CCCCC1. The third-order valence-electron chi connectivity index (χ3n) is 5.76. The molecule has 1 aliphatic carbocycles. The van der Waals surface area contributed by atoms with E-state index in [1.807, 2.05) is 7.05 Å². The van der Waals surface area contributed by atoms with Crippen molar-refractivity contribution in [3.63, 3.8) is 0 Å². The summed E-state index contributed by atoms with van der Waals surface area (Å²) >= 11 is 1.26. The number of thioether (sulfide) groups is 1. The van der Waals surface area contributed by atoms with Crippen LogP contribution in [0, 0.1) is 11.3 Å². The standard InChI is InChI=1S/C20H29N5O3S2/c1-16(19(26)23-20(15-21)8-4-3-5-9-20)29-18-7-6-17(14-22-18)30(27,28)25-12-10-24(2)11-13-25/h6-7,14,16H,3-5,8-13H2,1-2H3,(H,23,26)/t16-/m0/s1. The van der Waals surface area contributed by atoms with Crippen LogP contribution in [0.2, 0.25) is 0 Å². The first kappa shape index (κ1) is 23.0. The van der Waals surface area contributed by atoms with Crippen molar-refractivity contribution in [3.8, 4) is 6.07 Å². The third-order valence-corrected chi connectivity index (χ3v) is 8.69. The zero-order valence-electron chi connectivity index (χ0n) is 17.5. The molecule has 0 aromatic carbocycles. The van der Waals surface area contributed by atoms with Crippen LogP contribution in [-0.4, -0.2) is 72.5 Å². The van der Waals surface area contributed by atoms with E-state index in [0.29, 0.717) is 44.0 Å². The lowest BCUT2D eigenvalue weighted by Crippen LogP contribution is -2.50. The molecule has 0 spiro atoms. The van der Waals surface area contributed by atoms with Crippen molar-refractivity contribution in [2.75, 3.05) is 33.2 Å². The number of carbonyl (C=O) groups is 1. The number of hydrogen-bond acceptors (Lipinski definition) is 7. The highest BCUT2D eigenvalue weighted by molar-refractivity contribution is 8.00. The van der Waals surface area contributed by atoms with Gasteiger partial charge in [0, 0.05) is 32.4 Å². The van der Waals surface area contributed by atoms with Crippen LogP contribution >= 0.6 is 11.8 Å². The highest BCUT2D eigenvalue weighted by Gasteiger charge is 2.35. The molecule has 1 aromatic heterocycles. The number of nitrogens with one attached hydrogen (secondary N) is 1. The van der Waals surface area contributed by atoms with Gasteiger partial charge in [0.2, 0.25) is 15.9 Å². The molecule has 30 heavy (non-hydrogen) atoms. The van der Waals surface area contributed by atoms with E-state index in [9.17, 15) is 18.5 Å². The second-order valence-electron chi connectivity index (χ2n) is 8.04. The lowest BCUT2D eigenvalue weighted by molar-refractivity contribution is -0.121. The molecule has 2 aliphatic rings. The van der Waals surface area contributed by atoms with Gasteiger partial charge in [0.1, 0.15) is 10.4 Å². The molecular formula is C20H29N5O3S2. The van der Waals surface area contributed by atoms with Gasteiger partial charge in [-0.1, -0.05) is 31.0 Å². The van der Waals surface area contributed by atoms with Crippen molar-refractivity contribution in [2.45, 2.75) is 59.7 Å². The number of amides is 1. The van der Waals surface area contributed by atoms with Gasteiger partial charge < -0.3 is 10.2 Å². The van der Waals surface area contributed by atoms with E-state index < -0.39 is 20.8 Å². The molecule has 2 fully saturated rings. The van der Waals surface area contributed by atoms with Crippen LogP contribution in [0.15, 0.2) is 28.3 Å². The molecular weight excluding hydrogens is 422 g/mol. The summed E-state index contributed by atoms with van der Waals surface area (Å²) in [5.74, 6) is -0.195. The van der Waals surface area contributed by atoms with Crippen LogP contribution in [-0.2, 0) is 14.8 Å². The van der Waals surface area contributed by atoms with Crippen molar-refractivity contribution < 1.29 is 13.2 Å². The van der Waals surface area contributed by atoms with E-state index in [1.165, 1.54) is 22.3 Å². The van der Waals surface area contributed by atoms with Gasteiger partial charge in [-0.3, -0.25) is 4.79 Å². The van der Waals surface area contributed by atoms with Gasteiger partial charge in [0.25, 0.3) is 0 Å². The normalized spacial score (nSPS) is 21.5. The first-order valence-electron chi connectivity index (χ1n) is 10.3. The molecule has 10 heteroatoms. The van der Waals surface area contributed by atoms with Crippen LogP contribution in [0.3, 0.4) is 0 Å². The van der Waals surface area contributed by atoms with Gasteiger partial charge in [-0.25, -0.2) is 13.4 Å². The number of sulfonamides is 1. The van der Waals surface area contributed by atoms with E-state index >= 15 is 0 Å². The Balaban J connectivity index is 1.61. The number of carbonyl (C=O) groups excluding carboxylic acids is 1. The first-order valence-corrected chi connectivity index (χ1v) is 12.6. The highest BCUT2D eigenvalue weighted by Crippen LogP contribution is 2.29. The Labute approximate surface area is 183 Å². The molecule has 1 atom stereocenters. The fraction of sp³-hybridized carbons (Fsp3) is 0.650. The average Bonchev–Trinajstić information content (AvgIpc) is 2.75. The van der Waals surface area contributed by atoms with Crippen molar-refractivity contribution in [2.24, 2.45) is 0 Å². The molecule has 2 heterocycles. The average molecular weight is 452 g/mol. The molecule has 1 aromatic rings. The zero-order valence-corrected chi connectivity index (χ0v) is 19.1. The predicted molar refractivity (Wildman–Crippen MR) is 115 cm³/mol. The van der Waals surface area contributed by atoms with E-state index in [-0.39, 0.29) is 10.8 Å². The van der Waals surface area contributed by atoms with Gasteiger partial charge in [-0.05, 0) is 38.9 Å². The number of nitriles is 1.